The number of aryl methyl sites for hydroxylation is 2. The molecular formula is C23H25NO3. The van der Waals surface area contributed by atoms with Crippen LogP contribution in [0.25, 0.3) is 11.3 Å². The highest BCUT2D eigenvalue weighted by molar-refractivity contribution is 5.67. The summed E-state index contributed by atoms with van der Waals surface area (Å²) in [5, 5.41) is 9.04. The van der Waals surface area contributed by atoms with Gasteiger partial charge in [0.1, 0.15) is 12.4 Å². The molecule has 4 nitrogen and oxygen atoms in total. The van der Waals surface area contributed by atoms with Gasteiger partial charge >= 0.3 is 5.97 Å². The highest BCUT2D eigenvalue weighted by atomic mass is 16.5. The molecular weight excluding hydrogens is 338 g/mol. The molecule has 1 heterocycles. The zero-order chi connectivity index (χ0) is 19.2. The van der Waals surface area contributed by atoms with Crippen LogP contribution in [-0.2, 0) is 17.8 Å². The van der Waals surface area contributed by atoms with Gasteiger partial charge in [-0.05, 0) is 55.2 Å². The van der Waals surface area contributed by atoms with E-state index in [1.807, 2.05) is 36.4 Å². The molecule has 0 radical (unpaired) electrons. The van der Waals surface area contributed by atoms with Crippen LogP contribution >= 0.6 is 0 Å². The van der Waals surface area contributed by atoms with Crippen molar-refractivity contribution in [3.63, 3.8) is 0 Å². The first kappa shape index (κ1) is 18.8. The van der Waals surface area contributed by atoms with Crippen molar-refractivity contribution in [2.75, 3.05) is 6.61 Å². The van der Waals surface area contributed by atoms with Gasteiger partial charge in [0.15, 0.2) is 0 Å². The maximum Gasteiger partial charge on any atom is 0.303 e. The van der Waals surface area contributed by atoms with Crippen molar-refractivity contribution < 1.29 is 14.6 Å². The number of carbonyl (C=O) groups is 1. The number of carboxylic acid groups (broad SMARTS) is 1. The lowest BCUT2D eigenvalue weighted by molar-refractivity contribution is -0.136. The third-order valence-corrected chi connectivity index (χ3v) is 4.86. The molecule has 0 bridgehead atoms. The van der Waals surface area contributed by atoms with Crippen molar-refractivity contribution in [2.24, 2.45) is 0 Å². The molecule has 3 rings (SSSR count). The van der Waals surface area contributed by atoms with Crippen LogP contribution in [0.5, 0.6) is 5.75 Å². The summed E-state index contributed by atoms with van der Waals surface area (Å²) in [6.45, 7) is 5.33. The lowest BCUT2D eigenvalue weighted by Gasteiger charge is -2.16. The number of rotatable bonds is 8. The minimum atomic E-state index is -0.782. The molecule has 0 unspecified atom stereocenters. The molecule has 0 saturated carbocycles. The third kappa shape index (κ3) is 4.59. The molecule has 0 aliphatic heterocycles. The molecule has 27 heavy (non-hydrogen) atoms. The van der Waals surface area contributed by atoms with Crippen molar-refractivity contribution in [3.8, 4) is 17.0 Å². The molecule has 0 fully saturated rings. The molecule has 0 amide bonds. The van der Waals surface area contributed by atoms with Crippen molar-refractivity contribution in [1.82, 2.24) is 4.57 Å². The number of aromatic nitrogens is 1. The lowest BCUT2D eigenvalue weighted by Crippen LogP contribution is -2.13. The van der Waals surface area contributed by atoms with Crippen LogP contribution < -0.4 is 4.74 Å². The molecule has 3 aromatic rings. The second kappa shape index (κ2) is 8.58. The van der Waals surface area contributed by atoms with Gasteiger partial charge in [-0.3, -0.25) is 4.79 Å². The quantitative estimate of drug-likeness (QED) is 0.621. The van der Waals surface area contributed by atoms with Crippen molar-refractivity contribution in [1.29, 1.82) is 0 Å². The van der Waals surface area contributed by atoms with Gasteiger partial charge in [-0.1, -0.05) is 42.5 Å². The Balaban J connectivity index is 1.80. The van der Waals surface area contributed by atoms with Gasteiger partial charge < -0.3 is 14.4 Å². The maximum atomic E-state index is 11.0. The zero-order valence-electron chi connectivity index (χ0n) is 15.8. The number of carboxylic acids is 1. The number of hydrogen-bond donors (Lipinski definition) is 1. The molecule has 2 aromatic carbocycles. The second-order valence-electron chi connectivity index (χ2n) is 6.67. The summed E-state index contributed by atoms with van der Waals surface area (Å²) in [7, 11) is 0. The Morgan fingerprint density at radius 3 is 2.52 bits per heavy atom. The van der Waals surface area contributed by atoms with Crippen LogP contribution in [0.1, 0.15) is 23.2 Å². The van der Waals surface area contributed by atoms with E-state index < -0.39 is 5.97 Å². The Kier molecular flexibility index (Phi) is 5.97. The van der Waals surface area contributed by atoms with Crippen LogP contribution in [0.4, 0.5) is 0 Å². The molecule has 0 aliphatic carbocycles. The average molecular weight is 363 g/mol. The topological polar surface area (TPSA) is 51.5 Å². The standard InChI is InChI=1S/C23H25NO3/c1-17-7-6-10-22(18(17)2)27-16-15-24-20(12-14-23(25)26)11-13-21(24)19-8-4-3-5-9-19/h3-11,13H,12,14-16H2,1-2H3,(H,25,26). The minimum Gasteiger partial charge on any atom is -0.491 e. The first-order valence-corrected chi connectivity index (χ1v) is 9.21. The van der Waals surface area contributed by atoms with E-state index in [9.17, 15) is 4.79 Å². The Hall–Kier alpha value is -3.01. The number of aliphatic carboxylic acids is 1. The Bertz CT molecular complexity index is 913. The largest absolute Gasteiger partial charge is 0.491 e. The molecule has 4 heteroatoms. The molecule has 1 aromatic heterocycles. The first-order chi connectivity index (χ1) is 13.1. The normalized spacial score (nSPS) is 10.7. The summed E-state index contributed by atoms with van der Waals surface area (Å²) in [5.74, 6) is 0.117. The fraction of sp³-hybridized carbons (Fsp3) is 0.261. The summed E-state index contributed by atoms with van der Waals surface area (Å²) in [6.07, 6.45) is 0.627. The van der Waals surface area contributed by atoms with Crippen LogP contribution in [0.3, 0.4) is 0 Å². The fourth-order valence-corrected chi connectivity index (χ4v) is 3.22. The van der Waals surface area contributed by atoms with E-state index in [2.05, 4.69) is 42.7 Å². The summed E-state index contributed by atoms with van der Waals surface area (Å²) in [5.41, 5.74) is 5.58. The van der Waals surface area contributed by atoms with Gasteiger partial charge in [0.25, 0.3) is 0 Å². The Morgan fingerprint density at radius 2 is 1.78 bits per heavy atom. The van der Waals surface area contributed by atoms with Crippen molar-refractivity contribution >= 4 is 5.97 Å². The van der Waals surface area contributed by atoms with Gasteiger partial charge in [-0.25, -0.2) is 0 Å². The SMILES string of the molecule is Cc1cccc(OCCn2c(CCC(=O)O)ccc2-c2ccccc2)c1C. The van der Waals surface area contributed by atoms with E-state index in [4.69, 9.17) is 9.84 Å². The molecule has 0 atom stereocenters. The predicted octanol–water partition coefficient (Wildman–Crippen LogP) is 4.87. The summed E-state index contributed by atoms with van der Waals surface area (Å²) in [4.78, 5) is 11.0. The maximum absolute atomic E-state index is 11.0. The Morgan fingerprint density at radius 1 is 1.00 bits per heavy atom. The highest BCUT2D eigenvalue weighted by Gasteiger charge is 2.12. The summed E-state index contributed by atoms with van der Waals surface area (Å²) >= 11 is 0. The fourth-order valence-electron chi connectivity index (χ4n) is 3.22. The summed E-state index contributed by atoms with van der Waals surface area (Å²) < 4.78 is 8.20. The Labute approximate surface area is 160 Å². The predicted molar refractivity (Wildman–Crippen MR) is 107 cm³/mol. The monoisotopic (exact) mass is 363 g/mol. The number of nitrogens with zero attached hydrogens (tertiary/aromatic N) is 1. The molecule has 0 spiro atoms. The third-order valence-electron chi connectivity index (χ3n) is 4.86. The van der Waals surface area contributed by atoms with E-state index >= 15 is 0 Å². The zero-order valence-corrected chi connectivity index (χ0v) is 15.8. The minimum absolute atomic E-state index is 0.121. The molecule has 0 aliphatic rings. The van der Waals surface area contributed by atoms with Gasteiger partial charge in [0.2, 0.25) is 0 Å². The molecule has 0 saturated heterocycles. The van der Waals surface area contributed by atoms with Crippen LogP contribution in [0.2, 0.25) is 0 Å². The molecule has 1 N–H and O–H groups in total. The van der Waals surface area contributed by atoms with Crippen LogP contribution in [0, 0.1) is 13.8 Å². The highest BCUT2D eigenvalue weighted by Crippen LogP contribution is 2.24. The average Bonchev–Trinajstić information content (AvgIpc) is 3.07. The van der Waals surface area contributed by atoms with E-state index in [-0.39, 0.29) is 6.42 Å². The van der Waals surface area contributed by atoms with Crippen molar-refractivity contribution in [3.05, 3.63) is 77.5 Å². The first-order valence-electron chi connectivity index (χ1n) is 9.21. The second-order valence-corrected chi connectivity index (χ2v) is 6.67. The smallest absolute Gasteiger partial charge is 0.303 e. The van der Waals surface area contributed by atoms with Crippen molar-refractivity contribution in [2.45, 2.75) is 33.2 Å². The van der Waals surface area contributed by atoms with Gasteiger partial charge in [0, 0.05) is 11.4 Å². The van der Waals surface area contributed by atoms with E-state index in [1.165, 1.54) is 5.56 Å². The number of ether oxygens (including phenoxy) is 1. The number of hydrogen-bond acceptors (Lipinski definition) is 2. The van der Waals surface area contributed by atoms with E-state index in [0.29, 0.717) is 19.6 Å². The van der Waals surface area contributed by atoms with Gasteiger partial charge in [-0.2, -0.15) is 0 Å². The van der Waals surface area contributed by atoms with Gasteiger partial charge in [-0.15, -0.1) is 0 Å². The van der Waals surface area contributed by atoms with E-state index in [0.717, 1.165) is 28.3 Å². The molecule has 140 valence electrons. The summed E-state index contributed by atoms with van der Waals surface area (Å²) in [6, 6.07) is 20.3. The van der Waals surface area contributed by atoms with Crippen LogP contribution in [-0.4, -0.2) is 22.2 Å². The van der Waals surface area contributed by atoms with Gasteiger partial charge in [0.05, 0.1) is 13.0 Å². The van der Waals surface area contributed by atoms with Crippen LogP contribution in [0.15, 0.2) is 60.7 Å². The number of benzene rings is 2. The lowest BCUT2D eigenvalue weighted by atomic mass is 10.1. The van der Waals surface area contributed by atoms with E-state index in [1.54, 1.807) is 0 Å².